The molecule has 0 spiro atoms. The van der Waals surface area contributed by atoms with Gasteiger partial charge in [-0.1, -0.05) is 0 Å². The molecular formula is C47H59F2N6O8PSTl-. The van der Waals surface area contributed by atoms with Gasteiger partial charge in [-0.25, -0.2) is 4.79 Å². The molecule has 4 saturated heterocycles. The molecule has 0 radical (unpaired) electrons. The number of anilines is 1. The van der Waals surface area contributed by atoms with Crippen LogP contribution in [0.5, 0.6) is 11.8 Å². The number of pyridine rings is 1. The van der Waals surface area contributed by atoms with Gasteiger partial charge in [0.05, 0.1) is 12.1 Å². The molecule has 354 valence electrons. The molecule has 0 saturated carbocycles. The monoisotopic (exact) mass is 1140 g/mol. The fraction of sp³-hybridized carbons (Fsp3) is 0.553. The van der Waals surface area contributed by atoms with Crippen molar-refractivity contribution in [1.29, 1.82) is 0 Å². The third-order valence-corrected chi connectivity index (χ3v) is 12.8. The van der Waals surface area contributed by atoms with Crippen LogP contribution in [0.15, 0.2) is 30.5 Å². The maximum absolute atomic E-state index is 17.7. The molecule has 66 heavy (non-hydrogen) atoms. The minimum atomic E-state index is -0.831. The number of hydrogen-bond acceptors (Lipinski definition) is 13. The summed E-state index contributed by atoms with van der Waals surface area (Å²) in [5, 5.41) is 10.3. The second kappa shape index (κ2) is 23.1. The van der Waals surface area contributed by atoms with E-state index >= 15 is 8.78 Å². The average molecular weight is 1140 g/mol. The molecule has 4 fully saturated rings. The number of rotatable bonds is 15. The van der Waals surface area contributed by atoms with Crippen LogP contribution in [0.1, 0.15) is 90.5 Å². The van der Waals surface area contributed by atoms with Crippen LogP contribution < -0.4 is 14.4 Å². The van der Waals surface area contributed by atoms with Crippen LogP contribution in [0.3, 0.4) is 0 Å². The number of likely N-dealkylation sites (tertiary alicyclic amines) is 1. The summed E-state index contributed by atoms with van der Waals surface area (Å²) in [7, 11) is 0. The summed E-state index contributed by atoms with van der Waals surface area (Å²) in [6.45, 7) is 9.90. The smallest absolute Gasteiger partial charge is 0.813 e. The van der Waals surface area contributed by atoms with Gasteiger partial charge in [-0.05, 0) is 65.8 Å². The van der Waals surface area contributed by atoms with E-state index in [-0.39, 0.29) is 109 Å². The standard InChI is InChI=1S/C47H55F2N6O8.H3P.H2S.Tl/c1-5-34-37(48)17-14-29-23-33(62-39-13-6-7-22-60-39)24-35(40(29)34)42-41(49)43-36(25-50-42)44(54-26-30-15-16-31(27-54)55(30)46(58)63-47(2,3)4)52-45(51-43)61-28-32-11-8-18-53(32)19-10-21-59-20-9-12-38(56)57;;;/h14,17,23-25,30-32,39H,6-13,15-16,18-22,26-28H2,2-4H3,(H,56,57);1H3;1H2;/p-1/t30?,31?,32-,39?;;;/m0.../s1. The number of nitrogens with zero attached hydrogens (tertiary/aromatic N) is 6. The number of carboxylic acid groups (broad SMARTS) is 1. The predicted octanol–water partition coefficient (Wildman–Crippen LogP) is 7.00. The number of piperazine rings is 1. The number of ether oxygens (including phenoxy) is 5. The molecule has 4 unspecified atom stereocenters. The van der Waals surface area contributed by atoms with E-state index < -0.39 is 29.5 Å². The van der Waals surface area contributed by atoms with Crippen molar-refractivity contribution in [2.24, 2.45) is 0 Å². The Morgan fingerprint density at radius 3 is 2.50 bits per heavy atom. The normalized spacial score (nSPS) is 20.6. The third kappa shape index (κ3) is 12.1. The topological polar surface area (TPSA) is 149 Å². The molecule has 4 aromatic rings. The van der Waals surface area contributed by atoms with E-state index in [0.29, 0.717) is 79.0 Å². The van der Waals surface area contributed by atoms with E-state index in [0.717, 1.165) is 58.0 Å². The summed E-state index contributed by atoms with van der Waals surface area (Å²) >= 11 is 0.284. The Kier molecular flexibility index (Phi) is 18.1. The molecule has 4 aliphatic rings. The van der Waals surface area contributed by atoms with Crippen molar-refractivity contribution in [1.82, 2.24) is 24.8 Å². The van der Waals surface area contributed by atoms with Crippen molar-refractivity contribution in [2.75, 3.05) is 57.5 Å². The first kappa shape index (κ1) is 51.7. The molecule has 14 nitrogen and oxygen atoms in total. The Morgan fingerprint density at radius 2 is 1.79 bits per heavy atom. The number of aliphatic carboxylic acids is 1. The zero-order valence-electron chi connectivity index (χ0n) is 37.9. The number of carboxylic acids is 1. The number of fused-ring (bicyclic) bond motifs is 4. The van der Waals surface area contributed by atoms with Gasteiger partial charge in [-0.15, -0.1) is 0 Å². The quantitative estimate of drug-likeness (QED) is 0.0325. The number of carbonyl (C=O) groups is 2. The number of halogens is 2. The van der Waals surface area contributed by atoms with E-state index in [4.69, 9.17) is 43.7 Å². The zero-order chi connectivity index (χ0) is 45.0. The van der Waals surface area contributed by atoms with Gasteiger partial charge in [-0.2, -0.15) is 9.90 Å². The van der Waals surface area contributed by atoms with Gasteiger partial charge >= 0.3 is 240 Å². The van der Waals surface area contributed by atoms with Crippen molar-refractivity contribution < 1.29 is 47.2 Å². The van der Waals surface area contributed by atoms with Gasteiger partial charge in [0, 0.05) is 32.2 Å². The second-order valence-corrected chi connectivity index (χ2v) is 19.1. The second-order valence-electron chi connectivity index (χ2n) is 18.0. The van der Waals surface area contributed by atoms with Crippen LogP contribution in [-0.2, 0) is 32.5 Å². The molecule has 2 aromatic carbocycles. The third-order valence-electron chi connectivity index (χ3n) is 12.2. The van der Waals surface area contributed by atoms with Crippen LogP contribution in [0.25, 0.3) is 32.9 Å². The summed E-state index contributed by atoms with van der Waals surface area (Å²) in [5.74, 6) is 1.79. The molecule has 2 aromatic heterocycles. The van der Waals surface area contributed by atoms with Gasteiger partial charge in [-0.3, -0.25) is 14.6 Å². The Bertz CT molecular complexity index is 2420. The fourth-order valence-electron chi connectivity index (χ4n) is 9.37. The molecular weight excluding hydrogens is 1080 g/mol. The summed E-state index contributed by atoms with van der Waals surface area (Å²) in [6, 6.07) is 6.28. The van der Waals surface area contributed by atoms with Crippen molar-refractivity contribution in [3.05, 3.63) is 47.7 Å². The Hall–Kier alpha value is -3.67. The van der Waals surface area contributed by atoms with Crippen LogP contribution >= 0.6 is 9.90 Å². The predicted molar refractivity (Wildman–Crippen MR) is 256 cm³/mol. The molecule has 5 atom stereocenters. The van der Waals surface area contributed by atoms with Crippen molar-refractivity contribution in [2.45, 2.75) is 115 Å². The molecule has 8 rings (SSSR count). The Morgan fingerprint density at radius 1 is 1.02 bits per heavy atom. The van der Waals surface area contributed by atoms with E-state index in [1.807, 2.05) is 25.7 Å². The molecule has 2 bridgehead atoms. The molecule has 1 N–H and O–H groups in total. The number of hydrogen-bond donors (Lipinski definition) is 1. The summed E-state index contributed by atoms with van der Waals surface area (Å²) in [5.41, 5.74) is -0.223. The summed E-state index contributed by atoms with van der Waals surface area (Å²) in [6.07, 6.45) is 8.15. The summed E-state index contributed by atoms with van der Waals surface area (Å²) in [4.78, 5) is 44.9. The SMILES string of the molecule is CC(C)(C)OC(=O)N1C2CCC1CN(c1nc(OC[C@@H]3CCCN3CCCOCCCC(=O)O)nc3c(F)c(-c4cc(OC5CCCCO5)cc5ccc(F)c(C#[C][Tl])c45)ncc13)C2.P.[SH-]. The Labute approximate surface area is 410 Å². The van der Waals surface area contributed by atoms with Gasteiger partial charge < -0.3 is 28.1 Å². The first-order chi connectivity index (χ1) is 30.9. The zero-order valence-corrected chi connectivity index (χ0v) is 44.7. The van der Waals surface area contributed by atoms with Crippen LogP contribution in [-0.4, -0.2) is 150 Å². The minimum Gasteiger partial charge on any atom is -0.813 e. The number of benzene rings is 2. The first-order valence-electron chi connectivity index (χ1n) is 22.4. The summed E-state index contributed by atoms with van der Waals surface area (Å²) < 4.78 is 66.3. The molecule has 1 amide bonds. The number of thiol groups is 1. The van der Waals surface area contributed by atoms with E-state index in [9.17, 15) is 9.59 Å². The number of carbonyl (C=O) groups excluding carboxylic acids is 1. The molecule has 4 aliphatic heterocycles. The molecule has 6 heterocycles. The minimum absolute atomic E-state index is 0. The number of aromatic nitrogens is 3. The van der Waals surface area contributed by atoms with E-state index in [1.54, 1.807) is 24.4 Å². The van der Waals surface area contributed by atoms with Gasteiger partial charge in [0.15, 0.2) is 0 Å². The van der Waals surface area contributed by atoms with Crippen molar-refractivity contribution in [3.63, 3.8) is 0 Å². The number of amides is 1. The fourth-order valence-corrected chi connectivity index (χ4v) is 9.93. The van der Waals surface area contributed by atoms with Crippen molar-refractivity contribution in [3.8, 4) is 32.4 Å². The first-order valence-corrected chi connectivity index (χ1v) is 24.7. The molecule has 19 heteroatoms. The van der Waals surface area contributed by atoms with E-state index in [2.05, 4.69) is 19.2 Å². The van der Waals surface area contributed by atoms with Gasteiger partial charge in [0.1, 0.15) is 5.60 Å². The average Bonchev–Trinajstić information content (AvgIpc) is 3.83. The van der Waals surface area contributed by atoms with Crippen molar-refractivity contribution >= 4 is 88.7 Å². The Balaban J connectivity index is 0.00000360. The van der Waals surface area contributed by atoms with Gasteiger partial charge in [0.25, 0.3) is 0 Å². The van der Waals surface area contributed by atoms with Gasteiger partial charge in [0.2, 0.25) is 0 Å². The van der Waals surface area contributed by atoms with Crippen LogP contribution in [0.4, 0.5) is 19.4 Å². The maximum atomic E-state index is 17.7. The molecule has 0 aliphatic carbocycles. The van der Waals surface area contributed by atoms with E-state index in [1.165, 1.54) is 6.07 Å². The van der Waals surface area contributed by atoms with Crippen LogP contribution in [0, 0.1) is 21.0 Å². The van der Waals surface area contributed by atoms with Crippen LogP contribution in [0.2, 0.25) is 0 Å².